The lowest BCUT2D eigenvalue weighted by Crippen LogP contribution is -1.97. The Hall–Kier alpha value is -1.13. The molecule has 116 valence electrons. The van der Waals surface area contributed by atoms with E-state index >= 15 is 0 Å². The molecule has 2 heteroatoms. The van der Waals surface area contributed by atoms with E-state index in [1.165, 1.54) is 38.5 Å². The van der Waals surface area contributed by atoms with Crippen molar-refractivity contribution in [3.05, 3.63) is 29.8 Å². The molecule has 0 fully saturated rings. The largest absolute Gasteiger partial charge is 0.494 e. The van der Waals surface area contributed by atoms with Gasteiger partial charge in [-0.1, -0.05) is 57.3 Å². The van der Waals surface area contributed by atoms with Gasteiger partial charge in [0.2, 0.25) is 0 Å². The lowest BCUT2D eigenvalue weighted by atomic mass is 10.1. The minimum Gasteiger partial charge on any atom is -0.494 e. The standard InChI is InChI=1S/C19H27ClO/c1-2-3-4-5-6-7-10-17-21-19-14-12-18(13-15-19)11-8-9-16-20/h12-15H,2-7,9-10,16-17H2,1H3. The fourth-order valence-corrected chi connectivity index (χ4v) is 2.19. The molecule has 0 heterocycles. The van der Waals surface area contributed by atoms with Crippen LogP contribution in [0.1, 0.15) is 63.9 Å². The second-order valence-electron chi connectivity index (χ2n) is 5.23. The van der Waals surface area contributed by atoms with Gasteiger partial charge in [-0.2, -0.15) is 0 Å². The van der Waals surface area contributed by atoms with Crippen LogP contribution in [0.4, 0.5) is 0 Å². The van der Waals surface area contributed by atoms with Crippen molar-refractivity contribution in [3.63, 3.8) is 0 Å². The molecule has 0 saturated heterocycles. The Kier molecular flexibility index (Phi) is 10.8. The smallest absolute Gasteiger partial charge is 0.119 e. The fraction of sp³-hybridized carbons (Fsp3) is 0.579. The van der Waals surface area contributed by atoms with E-state index in [4.69, 9.17) is 16.3 Å². The van der Waals surface area contributed by atoms with Crippen molar-refractivity contribution in [1.29, 1.82) is 0 Å². The molecule has 0 unspecified atom stereocenters. The molecule has 0 bridgehead atoms. The highest BCUT2D eigenvalue weighted by atomic mass is 35.5. The number of benzene rings is 1. The van der Waals surface area contributed by atoms with Gasteiger partial charge in [0.05, 0.1) is 6.61 Å². The normalized spacial score (nSPS) is 10.0. The van der Waals surface area contributed by atoms with Crippen LogP contribution in [0.3, 0.4) is 0 Å². The summed E-state index contributed by atoms with van der Waals surface area (Å²) in [7, 11) is 0. The van der Waals surface area contributed by atoms with Gasteiger partial charge in [-0.3, -0.25) is 0 Å². The van der Waals surface area contributed by atoms with Gasteiger partial charge >= 0.3 is 0 Å². The number of hydrogen-bond donors (Lipinski definition) is 0. The summed E-state index contributed by atoms with van der Waals surface area (Å²) in [6.07, 6.45) is 9.91. The van der Waals surface area contributed by atoms with Crippen molar-refractivity contribution in [2.24, 2.45) is 0 Å². The van der Waals surface area contributed by atoms with Crippen molar-refractivity contribution in [2.45, 2.75) is 58.3 Å². The highest BCUT2D eigenvalue weighted by molar-refractivity contribution is 6.18. The highest BCUT2D eigenvalue weighted by Gasteiger charge is 1.95. The van der Waals surface area contributed by atoms with E-state index < -0.39 is 0 Å². The van der Waals surface area contributed by atoms with Crippen molar-refractivity contribution in [1.82, 2.24) is 0 Å². The summed E-state index contributed by atoms with van der Waals surface area (Å²) < 4.78 is 5.75. The number of rotatable bonds is 10. The highest BCUT2D eigenvalue weighted by Crippen LogP contribution is 2.13. The molecule has 0 aromatic heterocycles. The number of halogens is 1. The first-order chi connectivity index (χ1) is 10.4. The van der Waals surface area contributed by atoms with Crippen LogP contribution in [-0.4, -0.2) is 12.5 Å². The third-order valence-corrected chi connectivity index (χ3v) is 3.51. The summed E-state index contributed by atoms with van der Waals surface area (Å²) in [5, 5.41) is 0. The minimum atomic E-state index is 0.590. The number of ether oxygens (including phenoxy) is 1. The molecule has 1 aromatic carbocycles. The SMILES string of the molecule is CCCCCCCCCOc1ccc(C#CCCCl)cc1. The van der Waals surface area contributed by atoms with Crippen LogP contribution in [0.15, 0.2) is 24.3 Å². The van der Waals surface area contributed by atoms with Gasteiger partial charge in [-0.25, -0.2) is 0 Å². The Balaban J connectivity index is 2.11. The maximum absolute atomic E-state index is 5.75. The summed E-state index contributed by atoms with van der Waals surface area (Å²) in [5.41, 5.74) is 1.02. The molecule has 0 atom stereocenters. The molecule has 1 rings (SSSR count). The summed E-state index contributed by atoms with van der Waals surface area (Å²) in [5.74, 6) is 7.64. The Morgan fingerprint density at radius 1 is 0.952 bits per heavy atom. The first-order valence-electron chi connectivity index (χ1n) is 8.14. The average molecular weight is 307 g/mol. The van der Waals surface area contributed by atoms with E-state index in [2.05, 4.69) is 18.8 Å². The van der Waals surface area contributed by atoms with Crippen LogP contribution in [0, 0.1) is 11.8 Å². The molecule has 0 amide bonds. The second-order valence-corrected chi connectivity index (χ2v) is 5.61. The Morgan fingerprint density at radius 3 is 2.29 bits per heavy atom. The van der Waals surface area contributed by atoms with Crippen LogP contribution in [0.2, 0.25) is 0 Å². The van der Waals surface area contributed by atoms with Crippen molar-refractivity contribution in [3.8, 4) is 17.6 Å². The lowest BCUT2D eigenvalue weighted by Gasteiger charge is -2.06. The molecule has 21 heavy (non-hydrogen) atoms. The predicted octanol–water partition coefficient (Wildman–Crippen LogP) is 5.80. The third kappa shape index (κ3) is 9.43. The summed E-state index contributed by atoms with van der Waals surface area (Å²) in [6, 6.07) is 7.99. The quantitative estimate of drug-likeness (QED) is 0.302. The van der Waals surface area contributed by atoms with E-state index in [0.717, 1.165) is 30.8 Å². The van der Waals surface area contributed by atoms with E-state index in [9.17, 15) is 0 Å². The van der Waals surface area contributed by atoms with E-state index in [-0.39, 0.29) is 0 Å². The molecule has 1 nitrogen and oxygen atoms in total. The van der Waals surface area contributed by atoms with Crippen LogP contribution >= 0.6 is 11.6 Å². The van der Waals surface area contributed by atoms with Crippen LogP contribution in [0.25, 0.3) is 0 Å². The Bertz CT molecular complexity index is 413. The summed E-state index contributed by atoms with van der Waals surface area (Å²) >= 11 is 5.59. The first-order valence-corrected chi connectivity index (χ1v) is 8.68. The van der Waals surface area contributed by atoms with Crippen LogP contribution < -0.4 is 4.74 Å². The first kappa shape index (κ1) is 17.9. The van der Waals surface area contributed by atoms with Crippen LogP contribution in [0.5, 0.6) is 5.75 Å². The van der Waals surface area contributed by atoms with Gasteiger partial charge in [0.25, 0.3) is 0 Å². The van der Waals surface area contributed by atoms with Gasteiger partial charge in [-0.05, 0) is 30.7 Å². The van der Waals surface area contributed by atoms with Gasteiger partial charge in [0.1, 0.15) is 5.75 Å². The molecule has 0 aliphatic heterocycles. The van der Waals surface area contributed by atoms with E-state index in [1.807, 2.05) is 24.3 Å². The minimum absolute atomic E-state index is 0.590. The molecule has 0 aliphatic carbocycles. The second kappa shape index (κ2) is 12.6. The van der Waals surface area contributed by atoms with Crippen LogP contribution in [-0.2, 0) is 0 Å². The molecule has 0 saturated carbocycles. The zero-order chi connectivity index (χ0) is 15.2. The maximum atomic E-state index is 5.75. The van der Waals surface area contributed by atoms with Gasteiger partial charge in [0.15, 0.2) is 0 Å². The molecule has 0 radical (unpaired) electrons. The molecule has 0 spiro atoms. The number of hydrogen-bond acceptors (Lipinski definition) is 1. The predicted molar refractivity (Wildman–Crippen MR) is 92.1 cm³/mol. The van der Waals surface area contributed by atoms with Crippen molar-refractivity contribution >= 4 is 11.6 Å². The van der Waals surface area contributed by atoms with Gasteiger partial charge in [0, 0.05) is 17.9 Å². The average Bonchev–Trinajstić information content (AvgIpc) is 2.52. The topological polar surface area (TPSA) is 9.23 Å². The van der Waals surface area contributed by atoms with Gasteiger partial charge in [-0.15, -0.1) is 11.6 Å². The number of alkyl halides is 1. The zero-order valence-electron chi connectivity index (χ0n) is 13.2. The maximum Gasteiger partial charge on any atom is 0.119 e. The summed E-state index contributed by atoms with van der Waals surface area (Å²) in [6.45, 7) is 3.06. The van der Waals surface area contributed by atoms with Crippen molar-refractivity contribution in [2.75, 3.05) is 12.5 Å². The molecule has 0 N–H and O–H groups in total. The van der Waals surface area contributed by atoms with Crippen molar-refractivity contribution < 1.29 is 4.74 Å². The third-order valence-electron chi connectivity index (χ3n) is 3.32. The molecule has 1 aromatic rings. The summed E-state index contributed by atoms with van der Waals surface area (Å²) in [4.78, 5) is 0. The molecule has 0 aliphatic rings. The molecular formula is C19H27ClO. The fourth-order valence-electron chi connectivity index (χ4n) is 2.10. The van der Waals surface area contributed by atoms with Gasteiger partial charge < -0.3 is 4.74 Å². The lowest BCUT2D eigenvalue weighted by molar-refractivity contribution is 0.304. The monoisotopic (exact) mass is 306 g/mol. The van der Waals surface area contributed by atoms with E-state index in [1.54, 1.807) is 0 Å². The zero-order valence-corrected chi connectivity index (χ0v) is 13.9. The molecular weight excluding hydrogens is 280 g/mol. The Labute approximate surface area is 135 Å². The number of unbranched alkanes of at least 4 members (excludes halogenated alkanes) is 6. The Morgan fingerprint density at radius 2 is 1.62 bits per heavy atom. The van der Waals surface area contributed by atoms with E-state index in [0.29, 0.717) is 5.88 Å².